The van der Waals surface area contributed by atoms with E-state index in [1.165, 1.54) is 0 Å². The fraction of sp³-hybridized carbons (Fsp3) is 0.200. The highest BCUT2D eigenvalue weighted by molar-refractivity contribution is 5.82. The van der Waals surface area contributed by atoms with Crippen molar-refractivity contribution in [3.05, 3.63) is 53.6 Å². The van der Waals surface area contributed by atoms with Crippen LogP contribution in [0.2, 0.25) is 0 Å². The number of nitrogens with two attached hydrogens (primary N) is 1. The van der Waals surface area contributed by atoms with Crippen molar-refractivity contribution >= 4 is 11.0 Å². The normalized spacial score (nSPS) is 10.9. The van der Waals surface area contributed by atoms with Crippen LogP contribution < -0.4 is 10.5 Å². The molecule has 0 aliphatic heterocycles. The maximum atomic E-state index is 5.78. The summed E-state index contributed by atoms with van der Waals surface area (Å²) in [7, 11) is 0. The Hall–Kier alpha value is -2.40. The molecule has 2 aromatic heterocycles. The molecular formula is C15H16N4O. The van der Waals surface area contributed by atoms with E-state index in [0.29, 0.717) is 13.2 Å². The Morgan fingerprint density at radius 3 is 2.75 bits per heavy atom. The molecule has 0 aliphatic carbocycles. The van der Waals surface area contributed by atoms with Crippen molar-refractivity contribution in [3.8, 4) is 5.75 Å². The van der Waals surface area contributed by atoms with Crippen LogP contribution in [0.3, 0.4) is 0 Å². The van der Waals surface area contributed by atoms with Gasteiger partial charge >= 0.3 is 0 Å². The first-order valence-electron chi connectivity index (χ1n) is 6.49. The molecule has 102 valence electrons. The Labute approximate surface area is 116 Å². The molecule has 3 aromatic rings. The summed E-state index contributed by atoms with van der Waals surface area (Å²) in [6.07, 6.45) is 1.88. The summed E-state index contributed by atoms with van der Waals surface area (Å²) in [6.45, 7) is 2.72. The molecule has 0 unspecified atom stereocenters. The summed E-state index contributed by atoms with van der Waals surface area (Å²) in [4.78, 5) is 12.0. The number of aromatic nitrogens is 3. The summed E-state index contributed by atoms with van der Waals surface area (Å²) in [5.41, 5.74) is 8.43. The molecule has 3 N–H and O–H groups in total. The van der Waals surface area contributed by atoms with E-state index >= 15 is 0 Å². The summed E-state index contributed by atoms with van der Waals surface area (Å²) in [6, 6.07) is 9.69. The van der Waals surface area contributed by atoms with Crippen LogP contribution in [-0.2, 0) is 13.2 Å². The van der Waals surface area contributed by atoms with Gasteiger partial charge in [-0.05, 0) is 24.6 Å². The minimum Gasteiger partial charge on any atom is -0.487 e. The Balaban J connectivity index is 1.95. The molecule has 5 nitrogen and oxygen atoms in total. The average molecular weight is 268 g/mol. The van der Waals surface area contributed by atoms with Crippen LogP contribution in [0, 0.1) is 6.92 Å². The van der Waals surface area contributed by atoms with E-state index < -0.39 is 0 Å². The topological polar surface area (TPSA) is 76.8 Å². The second kappa shape index (κ2) is 5.30. The molecule has 5 heteroatoms. The maximum Gasteiger partial charge on any atom is 0.141 e. The average Bonchev–Trinajstić information content (AvgIpc) is 2.88. The van der Waals surface area contributed by atoms with Gasteiger partial charge in [-0.3, -0.25) is 0 Å². The molecule has 0 aliphatic rings. The highest BCUT2D eigenvalue weighted by Gasteiger charge is 2.12. The molecule has 0 bridgehead atoms. The zero-order valence-electron chi connectivity index (χ0n) is 11.3. The fourth-order valence-corrected chi connectivity index (χ4v) is 2.23. The molecule has 2 heterocycles. The largest absolute Gasteiger partial charge is 0.487 e. The quantitative estimate of drug-likeness (QED) is 0.761. The third-order valence-electron chi connectivity index (χ3n) is 3.14. The molecule has 0 spiro atoms. The number of nitrogens with one attached hydrogen (secondary N) is 1. The number of hydrogen-bond acceptors (Lipinski definition) is 4. The summed E-state index contributed by atoms with van der Waals surface area (Å²) >= 11 is 0. The second-order valence-electron chi connectivity index (χ2n) is 4.56. The van der Waals surface area contributed by atoms with Gasteiger partial charge in [-0.15, -0.1) is 0 Å². The third-order valence-corrected chi connectivity index (χ3v) is 3.14. The van der Waals surface area contributed by atoms with Crippen LogP contribution in [0.25, 0.3) is 11.0 Å². The van der Waals surface area contributed by atoms with Gasteiger partial charge in [0.05, 0.1) is 5.69 Å². The third kappa shape index (κ3) is 2.35. The number of para-hydroxylation sites is 1. The molecule has 0 radical (unpaired) electrons. The van der Waals surface area contributed by atoms with Crippen molar-refractivity contribution in [1.29, 1.82) is 0 Å². The number of aryl methyl sites for hydroxylation is 1. The number of fused-ring (bicyclic) bond motifs is 1. The lowest BCUT2D eigenvalue weighted by molar-refractivity contribution is 0.302. The minimum absolute atomic E-state index is 0.398. The molecule has 3 rings (SSSR count). The van der Waals surface area contributed by atoms with Crippen molar-refractivity contribution in [2.45, 2.75) is 20.1 Å². The van der Waals surface area contributed by atoms with E-state index in [1.54, 1.807) is 0 Å². The Morgan fingerprint density at radius 2 is 2.00 bits per heavy atom. The number of aromatic amines is 1. The molecule has 0 fully saturated rings. The van der Waals surface area contributed by atoms with Crippen molar-refractivity contribution in [3.63, 3.8) is 0 Å². The van der Waals surface area contributed by atoms with Gasteiger partial charge in [0, 0.05) is 18.1 Å². The standard InChI is InChI=1S/C15H16N4O/c1-10-18-13(9-20-12-5-3-2-4-6-12)14-11(7-16)8-17-15(14)19-10/h2-6,8H,7,9,16H2,1H3,(H,17,18,19). The molecular weight excluding hydrogens is 252 g/mol. The molecule has 0 saturated carbocycles. The highest BCUT2D eigenvalue weighted by Crippen LogP contribution is 2.21. The van der Waals surface area contributed by atoms with Crippen LogP contribution in [0.1, 0.15) is 17.1 Å². The van der Waals surface area contributed by atoms with E-state index in [1.807, 2.05) is 43.5 Å². The van der Waals surface area contributed by atoms with Gasteiger partial charge < -0.3 is 15.5 Å². The van der Waals surface area contributed by atoms with Crippen LogP contribution >= 0.6 is 0 Å². The highest BCUT2D eigenvalue weighted by atomic mass is 16.5. The minimum atomic E-state index is 0.398. The predicted octanol–water partition coefficient (Wildman–Crippen LogP) is 2.30. The predicted molar refractivity (Wildman–Crippen MR) is 77.3 cm³/mol. The maximum absolute atomic E-state index is 5.78. The summed E-state index contributed by atoms with van der Waals surface area (Å²) in [5.74, 6) is 1.54. The van der Waals surface area contributed by atoms with Crippen LogP contribution in [-0.4, -0.2) is 15.0 Å². The first kappa shape index (κ1) is 12.6. The van der Waals surface area contributed by atoms with Gasteiger partial charge in [0.1, 0.15) is 23.8 Å². The van der Waals surface area contributed by atoms with Gasteiger partial charge in [-0.1, -0.05) is 18.2 Å². The molecule has 0 amide bonds. The van der Waals surface area contributed by atoms with Crippen molar-refractivity contribution < 1.29 is 4.74 Å². The van der Waals surface area contributed by atoms with Gasteiger partial charge in [0.2, 0.25) is 0 Å². The Morgan fingerprint density at radius 1 is 1.20 bits per heavy atom. The van der Waals surface area contributed by atoms with Gasteiger partial charge in [0.25, 0.3) is 0 Å². The molecule has 0 saturated heterocycles. The molecule has 0 atom stereocenters. The van der Waals surface area contributed by atoms with Crippen LogP contribution in [0.4, 0.5) is 0 Å². The lowest BCUT2D eigenvalue weighted by Gasteiger charge is -2.08. The van der Waals surface area contributed by atoms with E-state index in [-0.39, 0.29) is 0 Å². The van der Waals surface area contributed by atoms with Gasteiger partial charge in [0.15, 0.2) is 0 Å². The summed E-state index contributed by atoms with van der Waals surface area (Å²) in [5, 5.41) is 0.967. The second-order valence-corrected chi connectivity index (χ2v) is 4.56. The van der Waals surface area contributed by atoms with E-state index in [0.717, 1.165) is 33.9 Å². The SMILES string of the molecule is Cc1nc(COc2ccccc2)c2c(CN)c[nH]c2n1. The number of H-pyrrole nitrogens is 1. The lowest BCUT2D eigenvalue weighted by Crippen LogP contribution is -2.04. The van der Waals surface area contributed by atoms with E-state index in [2.05, 4.69) is 15.0 Å². The monoisotopic (exact) mass is 268 g/mol. The summed E-state index contributed by atoms with van der Waals surface area (Å²) < 4.78 is 5.78. The van der Waals surface area contributed by atoms with Gasteiger partial charge in [-0.25, -0.2) is 9.97 Å². The molecule has 1 aromatic carbocycles. The first-order chi connectivity index (χ1) is 9.78. The lowest BCUT2D eigenvalue weighted by atomic mass is 10.2. The van der Waals surface area contributed by atoms with E-state index in [4.69, 9.17) is 10.5 Å². The molecule has 20 heavy (non-hydrogen) atoms. The zero-order chi connectivity index (χ0) is 13.9. The fourth-order valence-electron chi connectivity index (χ4n) is 2.23. The van der Waals surface area contributed by atoms with E-state index in [9.17, 15) is 0 Å². The van der Waals surface area contributed by atoms with Crippen molar-refractivity contribution in [2.24, 2.45) is 5.73 Å². The van der Waals surface area contributed by atoms with Gasteiger partial charge in [-0.2, -0.15) is 0 Å². The number of nitrogens with zero attached hydrogens (tertiary/aromatic N) is 2. The zero-order valence-corrected chi connectivity index (χ0v) is 11.3. The van der Waals surface area contributed by atoms with Crippen LogP contribution in [0.15, 0.2) is 36.5 Å². The smallest absolute Gasteiger partial charge is 0.141 e. The first-order valence-corrected chi connectivity index (χ1v) is 6.49. The Bertz CT molecular complexity index is 721. The number of rotatable bonds is 4. The number of ether oxygens (including phenoxy) is 1. The number of benzene rings is 1. The number of hydrogen-bond donors (Lipinski definition) is 2. The van der Waals surface area contributed by atoms with Crippen molar-refractivity contribution in [1.82, 2.24) is 15.0 Å². The van der Waals surface area contributed by atoms with Crippen molar-refractivity contribution in [2.75, 3.05) is 0 Å². The van der Waals surface area contributed by atoms with Crippen LogP contribution in [0.5, 0.6) is 5.75 Å². The Kier molecular flexibility index (Phi) is 3.35.